The molecule has 0 spiro atoms. The molecule has 0 radical (unpaired) electrons. The standard InChI is InChI=1S/C8H17N4O3P/c1-5(9)8(15)11-4-7(14)10-3-2-6(13)12-16/h5H,2-4,9,16H2,1H3,(H,10,14)(H,11,15)(H,12,13). The van der Waals surface area contributed by atoms with Crippen molar-refractivity contribution in [2.75, 3.05) is 13.1 Å². The number of carbonyl (C=O) groups excluding carboxylic acids is 3. The molecule has 0 aliphatic heterocycles. The van der Waals surface area contributed by atoms with E-state index in [1.807, 2.05) is 0 Å². The summed E-state index contributed by atoms with van der Waals surface area (Å²) in [5.74, 6) is -0.937. The van der Waals surface area contributed by atoms with Gasteiger partial charge in [-0.25, -0.2) is 0 Å². The Kier molecular flexibility index (Phi) is 7.41. The van der Waals surface area contributed by atoms with Crippen molar-refractivity contribution in [3.8, 4) is 0 Å². The van der Waals surface area contributed by atoms with E-state index < -0.39 is 11.9 Å². The van der Waals surface area contributed by atoms with E-state index in [9.17, 15) is 14.4 Å². The quantitative estimate of drug-likeness (QED) is 0.402. The van der Waals surface area contributed by atoms with E-state index in [0.29, 0.717) is 0 Å². The number of nitrogens with one attached hydrogen (secondary N) is 3. The lowest BCUT2D eigenvalue weighted by atomic mass is 10.3. The predicted molar refractivity (Wildman–Crippen MR) is 62.1 cm³/mol. The molecule has 0 heterocycles. The van der Waals surface area contributed by atoms with Crippen LogP contribution in [0, 0.1) is 0 Å². The zero-order valence-corrected chi connectivity index (χ0v) is 10.2. The monoisotopic (exact) mass is 248 g/mol. The molecule has 5 N–H and O–H groups in total. The lowest BCUT2D eigenvalue weighted by molar-refractivity contribution is -0.126. The summed E-state index contributed by atoms with van der Waals surface area (Å²) in [4.78, 5) is 32.9. The lowest BCUT2D eigenvalue weighted by Crippen LogP contribution is -2.43. The third-order valence-corrected chi connectivity index (χ3v) is 1.99. The van der Waals surface area contributed by atoms with Crippen LogP contribution in [-0.4, -0.2) is 36.9 Å². The molecule has 2 unspecified atom stereocenters. The SMILES string of the molecule is CC(N)C(=O)NCC(=O)NCCC(=O)NP. The van der Waals surface area contributed by atoms with Crippen molar-refractivity contribution in [3.63, 3.8) is 0 Å². The van der Waals surface area contributed by atoms with Crippen molar-refractivity contribution >= 4 is 27.1 Å². The van der Waals surface area contributed by atoms with E-state index in [4.69, 9.17) is 5.73 Å². The summed E-state index contributed by atoms with van der Waals surface area (Å²) in [6, 6.07) is -0.643. The lowest BCUT2D eigenvalue weighted by Gasteiger charge is -2.08. The minimum Gasteiger partial charge on any atom is -0.354 e. The summed E-state index contributed by atoms with van der Waals surface area (Å²) in [6.07, 6.45) is 0.191. The number of amides is 3. The average molecular weight is 248 g/mol. The fourth-order valence-electron chi connectivity index (χ4n) is 0.779. The van der Waals surface area contributed by atoms with Crippen LogP contribution in [0.25, 0.3) is 0 Å². The molecule has 2 atom stereocenters. The van der Waals surface area contributed by atoms with Gasteiger partial charge in [0.25, 0.3) is 0 Å². The maximum absolute atomic E-state index is 11.1. The first-order valence-electron chi connectivity index (χ1n) is 4.76. The van der Waals surface area contributed by atoms with Crippen molar-refractivity contribution in [3.05, 3.63) is 0 Å². The van der Waals surface area contributed by atoms with Crippen LogP contribution in [0.3, 0.4) is 0 Å². The minimum absolute atomic E-state index is 0.136. The van der Waals surface area contributed by atoms with Gasteiger partial charge in [0.2, 0.25) is 17.7 Å². The molecule has 0 aromatic heterocycles. The molecule has 7 nitrogen and oxygen atoms in total. The minimum atomic E-state index is -0.643. The fourth-order valence-corrected chi connectivity index (χ4v) is 0.923. The molecule has 0 aromatic carbocycles. The number of rotatable bonds is 6. The molecule has 16 heavy (non-hydrogen) atoms. The highest BCUT2D eigenvalue weighted by atomic mass is 31.0. The van der Waals surface area contributed by atoms with Crippen LogP contribution in [-0.2, 0) is 14.4 Å². The fraction of sp³-hybridized carbons (Fsp3) is 0.625. The second kappa shape index (κ2) is 8.01. The first kappa shape index (κ1) is 14.8. The Morgan fingerprint density at radius 3 is 2.38 bits per heavy atom. The summed E-state index contributed by atoms with van der Waals surface area (Å²) in [7, 11) is 2.07. The number of carbonyl (C=O) groups is 3. The molecule has 0 aromatic rings. The van der Waals surface area contributed by atoms with Gasteiger partial charge in [-0.15, -0.1) is 0 Å². The van der Waals surface area contributed by atoms with Crippen LogP contribution < -0.4 is 21.5 Å². The summed E-state index contributed by atoms with van der Waals surface area (Å²) in [5.41, 5.74) is 5.28. The Morgan fingerprint density at radius 1 is 1.25 bits per heavy atom. The molecule has 0 bridgehead atoms. The Bertz CT molecular complexity index is 270. The molecule has 0 rings (SSSR count). The van der Waals surface area contributed by atoms with E-state index >= 15 is 0 Å². The van der Waals surface area contributed by atoms with Crippen molar-refractivity contribution in [2.45, 2.75) is 19.4 Å². The largest absolute Gasteiger partial charge is 0.354 e. The van der Waals surface area contributed by atoms with Crippen LogP contribution in [0.2, 0.25) is 0 Å². The van der Waals surface area contributed by atoms with Gasteiger partial charge in [-0.3, -0.25) is 14.4 Å². The van der Waals surface area contributed by atoms with Gasteiger partial charge in [0.15, 0.2) is 0 Å². The molecule has 0 saturated heterocycles. The van der Waals surface area contributed by atoms with Gasteiger partial charge < -0.3 is 21.5 Å². The number of hydrogen-bond donors (Lipinski definition) is 4. The Hall–Kier alpha value is -1.20. The topological polar surface area (TPSA) is 113 Å². The highest BCUT2D eigenvalue weighted by Crippen LogP contribution is 1.80. The average Bonchev–Trinajstić information content (AvgIpc) is 2.25. The van der Waals surface area contributed by atoms with E-state index in [2.05, 4.69) is 25.1 Å². The Labute approximate surface area is 96.2 Å². The van der Waals surface area contributed by atoms with Crippen LogP contribution in [0.1, 0.15) is 13.3 Å². The van der Waals surface area contributed by atoms with Crippen molar-refractivity contribution in [1.82, 2.24) is 15.7 Å². The normalized spacial score (nSPS) is 11.4. The van der Waals surface area contributed by atoms with Gasteiger partial charge in [0.1, 0.15) is 0 Å². The Balaban J connectivity index is 3.60. The molecule has 92 valence electrons. The Morgan fingerprint density at radius 2 is 1.88 bits per heavy atom. The highest BCUT2D eigenvalue weighted by Gasteiger charge is 2.08. The molecule has 0 aliphatic carbocycles. The van der Waals surface area contributed by atoms with Gasteiger partial charge in [-0.05, 0) is 16.3 Å². The predicted octanol–water partition coefficient (Wildman–Crippen LogP) is -2.14. The first-order chi connectivity index (χ1) is 7.47. The summed E-state index contributed by atoms with van der Waals surface area (Å²) >= 11 is 0. The van der Waals surface area contributed by atoms with Crippen LogP contribution in [0.5, 0.6) is 0 Å². The van der Waals surface area contributed by atoms with Crippen molar-refractivity contribution in [2.24, 2.45) is 5.73 Å². The molecule has 8 heteroatoms. The molecule has 0 saturated carbocycles. The molecule has 0 aliphatic rings. The smallest absolute Gasteiger partial charge is 0.239 e. The molecular weight excluding hydrogens is 231 g/mol. The van der Waals surface area contributed by atoms with E-state index in [1.165, 1.54) is 6.92 Å². The molecular formula is C8H17N4O3P. The summed E-state index contributed by atoms with van der Waals surface area (Å²) in [5, 5.41) is 7.17. The maximum Gasteiger partial charge on any atom is 0.239 e. The van der Waals surface area contributed by atoms with Crippen molar-refractivity contribution in [1.29, 1.82) is 0 Å². The van der Waals surface area contributed by atoms with Gasteiger partial charge in [0.05, 0.1) is 12.6 Å². The number of hydrogen-bond acceptors (Lipinski definition) is 4. The van der Waals surface area contributed by atoms with Crippen LogP contribution in [0.15, 0.2) is 0 Å². The zero-order chi connectivity index (χ0) is 12.6. The van der Waals surface area contributed by atoms with Crippen LogP contribution in [0.4, 0.5) is 0 Å². The van der Waals surface area contributed by atoms with Gasteiger partial charge in [0, 0.05) is 13.0 Å². The van der Waals surface area contributed by atoms with Gasteiger partial charge in [-0.1, -0.05) is 0 Å². The van der Waals surface area contributed by atoms with E-state index in [-0.39, 0.29) is 31.3 Å². The van der Waals surface area contributed by atoms with Crippen molar-refractivity contribution < 1.29 is 14.4 Å². The third kappa shape index (κ3) is 7.14. The van der Waals surface area contributed by atoms with E-state index in [0.717, 1.165) is 0 Å². The van der Waals surface area contributed by atoms with Gasteiger partial charge in [-0.2, -0.15) is 0 Å². The maximum atomic E-state index is 11.1. The zero-order valence-electron chi connectivity index (χ0n) is 9.08. The van der Waals surface area contributed by atoms with E-state index in [1.54, 1.807) is 0 Å². The highest BCUT2D eigenvalue weighted by molar-refractivity contribution is 7.15. The number of nitrogens with two attached hydrogens (primary N) is 1. The van der Waals surface area contributed by atoms with Crippen LogP contribution >= 0.6 is 9.39 Å². The second-order valence-electron chi connectivity index (χ2n) is 3.17. The van der Waals surface area contributed by atoms with Gasteiger partial charge >= 0.3 is 0 Å². The summed E-state index contributed by atoms with van der Waals surface area (Å²) < 4.78 is 0. The molecule has 3 amide bonds. The summed E-state index contributed by atoms with van der Waals surface area (Å²) in [6.45, 7) is 1.62. The molecule has 0 fully saturated rings. The first-order valence-corrected chi connectivity index (χ1v) is 5.34. The second-order valence-corrected chi connectivity index (χ2v) is 3.46. The third-order valence-electron chi connectivity index (χ3n) is 1.67.